The van der Waals surface area contributed by atoms with Crippen molar-refractivity contribution in [2.45, 2.75) is 25.6 Å². The number of alkyl halides is 3. The van der Waals surface area contributed by atoms with Crippen molar-refractivity contribution in [2.24, 2.45) is 11.7 Å². The molecule has 0 radical (unpaired) electrons. The van der Waals surface area contributed by atoms with Crippen molar-refractivity contribution in [2.75, 3.05) is 18.0 Å². The van der Waals surface area contributed by atoms with Crippen LogP contribution < -0.4 is 10.6 Å². The largest absolute Gasteiger partial charge is 0.393 e. The van der Waals surface area contributed by atoms with Crippen LogP contribution in [0.3, 0.4) is 0 Å². The zero-order valence-corrected chi connectivity index (χ0v) is 13.5. The number of hydrogen-bond acceptors (Lipinski definition) is 3. The molecule has 1 aliphatic heterocycles. The fraction of sp³-hybridized carbons (Fsp3) is 0.438. The predicted molar refractivity (Wildman–Crippen MR) is 88.1 cm³/mol. The maximum Gasteiger partial charge on any atom is 0.393 e. The van der Waals surface area contributed by atoms with Gasteiger partial charge in [0, 0.05) is 36.4 Å². The Morgan fingerprint density at radius 1 is 1.22 bits per heavy atom. The summed E-state index contributed by atoms with van der Waals surface area (Å²) in [6.07, 6.45) is -2.53. The summed E-state index contributed by atoms with van der Waals surface area (Å²) in [6, 6.07) is 6.98. The number of halogens is 4. The zero-order chi connectivity index (χ0) is 15.9. The lowest BCUT2D eigenvalue weighted by atomic mass is 9.93. The second-order valence-electron chi connectivity index (χ2n) is 5.94. The molecule has 1 aromatic carbocycles. The van der Waals surface area contributed by atoms with Gasteiger partial charge in [-0.3, -0.25) is 4.98 Å². The maximum absolute atomic E-state index is 13.1. The van der Waals surface area contributed by atoms with Gasteiger partial charge in [0.1, 0.15) is 0 Å². The molecule has 1 saturated heterocycles. The van der Waals surface area contributed by atoms with E-state index in [9.17, 15) is 13.2 Å². The summed E-state index contributed by atoms with van der Waals surface area (Å²) < 4.78 is 39.3. The summed E-state index contributed by atoms with van der Waals surface area (Å²) in [5.41, 5.74) is 8.47. The van der Waals surface area contributed by atoms with Crippen molar-refractivity contribution in [1.29, 1.82) is 0 Å². The van der Waals surface area contributed by atoms with Crippen LogP contribution in [0, 0.1) is 12.8 Å². The standard InChI is InChI=1S/C16H18F3N3.ClH/c1-10-4-5-14(13-3-2-6-21-15(10)13)22-8-11(16(17,18)19)7-12(20)9-22;/h2-6,11-12H,7-9,20H2,1H3;1H/t11-,12-;/m1./s1. The third-order valence-electron chi connectivity index (χ3n) is 4.23. The summed E-state index contributed by atoms with van der Waals surface area (Å²) in [4.78, 5) is 6.09. The first-order chi connectivity index (χ1) is 10.4. The molecule has 2 heterocycles. The highest BCUT2D eigenvalue weighted by molar-refractivity contribution is 5.93. The quantitative estimate of drug-likeness (QED) is 0.857. The second-order valence-corrected chi connectivity index (χ2v) is 5.94. The Bertz CT molecular complexity index is 690. The van der Waals surface area contributed by atoms with Crippen LogP contribution in [0.5, 0.6) is 0 Å². The first-order valence-corrected chi connectivity index (χ1v) is 7.28. The summed E-state index contributed by atoms with van der Waals surface area (Å²) in [7, 11) is 0. The van der Waals surface area contributed by atoms with Crippen molar-refractivity contribution < 1.29 is 13.2 Å². The van der Waals surface area contributed by atoms with Gasteiger partial charge in [0.05, 0.1) is 11.4 Å². The average Bonchev–Trinajstić information content (AvgIpc) is 2.46. The van der Waals surface area contributed by atoms with E-state index < -0.39 is 18.1 Å². The van der Waals surface area contributed by atoms with Crippen molar-refractivity contribution >= 4 is 29.0 Å². The fourth-order valence-corrected chi connectivity index (χ4v) is 3.15. The van der Waals surface area contributed by atoms with E-state index in [4.69, 9.17) is 5.73 Å². The first kappa shape index (κ1) is 17.8. The van der Waals surface area contributed by atoms with Crippen LogP contribution in [-0.4, -0.2) is 30.3 Å². The Morgan fingerprint density at radius 2 is 1.96 bits per heavy atom. The van der Waals surface area contributed by atoms with Crippen LogP contribution in [0.15, 0.2) is 30.5 Å². The van der Waals surface area contributed by atoms with Crippen molar-refractivity contribution in [3.63, 3.8) is 0 Å². The number of aromatic nitrogens is 1. The summed E-state index contributed by atoms with van der Waals surface area (Å²) in [6.45, 7) is 2.32. The topological polar surface area (TPSA) is 42.1 Å². The highest BCUT2D eigenvalue weighted by Crippen LogP contribution is 2.36. The van der Waals surface area contributed by atoms with Gasteiger partial charge in [0.2, 0.25) is 0 Å². The summed E-state index contributed by atoms with van der Waals surface area (Å²) in [5, 5.41) is 0.873. The van der Waals surface area contributed by atoms with Crippen molar-refractivity contribution in [3.8, 4) is 0 Å². The van der Waals surface area contributed by atoms with Gasteiger partial charge in [-0.2, -0.15) is 13.2 Å². The first-order valence-electron chi connectivity index (χ1n) is 7.28. The Kier molecular flexibility index (Phi) is 5.06. The highest BCUT2D eigenvalue weighted by atomic mass is 35.5. The molecule has 1 aromatic heterocycles. The number of nitrogens with zero attached hydrogens (tertiary/aromatic N) is 2. The number of pyridine rings is 1. The van der Waals surface area contributed by atoms with Gasteiger partial charge >= 0.3 is 6.18 Å². The normalized spacial score (nSPS) is 22.0. The van der Waals surface area contributed by atoms with Gasteiger partial charge in [-0.25, -0.2) is 0 Å². The number of hydrogen-bond donors (Lipinski definition) is 1. The molecular weight excluding hydrogens is 327 g/mol. The predicted octanol–water partition coefficient (Wildman–Crippen LogP) is 3.68. The Hall–Kier alpha value is -1.53. The molecule has 0 unspecified atom stereocenters. The van der Waals surface area contributed by atoms with E-state index in [0.29, 0.717) is 6.54 Å². The number of benzene rings is 1. The molecule has 3 rings (SSSR count). The number of piperidine rings is 1. The van der Waals surface area contributed by atoms with E-state index in [0.717, 1.165) is 22.2 Å². The Balaban J connectivity index is 0.00000192. The third kappa shape index (κ3) is 3.53. The van der Waals surface area contributed by atoms with Crippen LogP contribution in [0.2, 0.25) is 0 Å². The number of fused-ring (bicyclic) bond motifs is 1. The van der Waals surface area contributed by atoms with E-state index >= 15 is 0 Å². The minimum absolute atomic E-state index is 0. The molecule has 1 aliphatic rings. The Labute approximate surface area is 139 Å². The zero-order valence-electron chi connectivity index (χ0n) is 12.7. The molecule has 23 heavy (non-hydrogen) atoms. The van der Waals surface area contributed by atoms with Crippen LogP contribution in [0.4, 0.5) is 18.9 Å². The second kappa shape index (κ2) is 6.53. The number of aryl methyl sites for hydroxylation is 1. The highest BCUT2D eigenvalue weighted by Gasteiger charge is 2.44. The van der Waals surface area contributed by atoms with Gasteiger partial charge in [-0.15, -0.1) is 12.4 Å². The van der Waals surface area contributed by atoms with E-state index in [1.165, 1.54) is 0 Å². The van der Waals surface area contributed by atoms with Crippen LogP contribution in [0.25, 0.3) is 10.9 Å². The lowest BCUT2D eigenvalue weighted by molar-refractivity contribution is -0.177. The molecule has 7 heteroatoms. The minimum atomic E-state index is -4.21. The van der Waals surface area contributed by atoms with E-state index in [1.807, 2.05) is 25.1 Å². The molecule has 0 amide bonds. The van der Waals surface area contributed by atoms with Gasteiger partial charge in [-0.05, 0) is 37.1 Å². The number of anilines is 1. The fourth-order valence-electron chi connectivity index (χ4n) is 3.15. The van der Waals surface area contributed by atoms with Crippen LogP contribution in [0.1, 0.15) is 12.0 Å². The van der Waals surface area contributed by atoms with E-state index in [-0.39, 0.29) is 25.4 Å². The monoisotopic (exact) mass is 345 g/mol. The molecule has 0 bridgehead atoms. The molecule has 3 nitrogen and oxygen atoms in total. The SMILES string of the molecule is Cc1ccc(N2C[C@H](N)C[C@@H](C(F)(F)F)C2)c2cccnc12.Cl. The van der Waals surface area contributed by atoms with E-state index in [1.54, 1.807) is 17.2 Å². The number of nitrogens with two attached hydrogens (primary N) is 1. The van der Waals surface area contributed by atoms with E-state index in [2.05, 4.69) is 4.98 Å². The molecule has 0 spiro atoms. The average molecular weight is 346 g/mol. The van der Waals surface area contributed by atoms with Gasteiger partial charge in [0.25, 0.3) is 0 Å². The molecule has 0 aliphatic carbocycles. The molecule has 2 N–H and O–H groups in total. The van der Waals surface area contributed by atoms with Crippen molar-refractivity contribution in [3.05, 3.63) is 36.0 Å². The van der Waals surface area contributed by atoms with Crippen molar-refractivity contribution in [1.82, 2.24) is 4.98 Å². The van der Waals surface area contributed by atoms with Crippen LogP contribution >= 0.6 is 12.4 Å². The Morgan fingerprint density at radius 3 is 2.65 bits per heavy atom. The van der Waals surface area contributed by atoms with Crippen LogP contribution in [-0.2, 0) is 0 Å². The molecule has 126 valence electrons. The molecule has 1 fully saturated rings. The maximum atomic E-state index is 13.1. The van der Waals surface area contributed by atoms with Gasteiger partial charge in [0.15, 0.2) is 0 Å². The molecular formula is C16H19ClF3N3. The lowest BCUT2D eigenvalue weighted by Crippen LogP contribution is -2.51. The third-order valence-corrected chi connectivity index (χ3v) is 4.23. The molecule has 2 aromatic rings. The smallest absolute Gasteiger partial charge is 0.369 e. The summed E-state index contributed by atoms with van der Waals surface area (Å²) >= 11 is 0. The number of rotatable bonds is 1. The molecule has 2 atom stereocenters. The summed E-state index contributed by atoms with van der Waals surface area (Å²) in [5.74, 6) is -1.38. The van der Waals surface area contributed by atoms with Gasteiger partial charge < -0.3 is 10.6 Å². The molecule has 0 saturated carbocycles. The lowest BCUT2D eigenvalue weighted by Gasteiger charge is -2.39. The minimum Gasteiger partial charge on any atom is -0.369 e. The van der Waals surface area contributed by atoms with Gasteiger partial charge in [-0.1, -0.05) is 6.07 Å².